The standard InChI is InChI=1S/C21H23ClN2O3/c1-27-19-9-7-15(8-10-19)13-23-20(25)17-5-3-11-24(14-17)21(26)16-4-2-6-18(22)12-16/h2,4,6-10,12,17H,3,5,11,13-14H2,1H3,(H,23,25). The molecule has 1 fully saturated rings. The van der Waals surface area contributed by atoms with E-state index in [1.807, 2.05) is 24.3 Å². The van der Waals surface area contributed by atoms with Crippen molar-refractivity contribution in [2.75, 3.05) is 20.2 Å². The van der Waals surface area contributed by atoms with Gasteiger partial charge in [-0.15, -0.1) is 0 Å². The Hall–Kier alpha value is -2.53. The zero-order valence-corrected chi connectivity index (χ0v) is 16.0. The molecule has 1 atom stereocenters. The predicted octanol–water partition coefficient (Wildman–Crippen LogP) is 3.52. The van der Waals surface area contributed by atoms with Crippen LogP contribution >= 0.6 is 11.6 Å². The van der Waals surface area contributed by atoms with Crippen LogP contribution in [0, 0.1) is 5.92 Å². The van der Waals surface area contributed by atoms with Crippen LogP contribution in [0.4, 0.5) is 0 Å². The Balaban J connectivity index is 1.56. The molecule has 6 heteroatoms. The molecule has 142 valence electrons. The molecule has 1 unspecified atom stereocenters. The number of nitrogens with one attached hydrogen (secondary N) is 1. The summed E-state index contributed by atoms with van der Waals surface area (Å²) in [7, 11) is 1.62. The molecule has 2 amide bonds. The lowest BCUT2D eigenvalue weighted by atomic mass is 9.96. The molecule has 0 radical (unpaired) electrons. The van der Waals surface area contributed by atoms with Gasteiger partial charge in [0, 0.05) is 30.2 Å². The summed E-state index contributed by atoms with van der Waals surface area (Å²) in [6, 6.07) is 14.5. The van der Waals surface area contributed by atoms with Gasteiger partial charge in [-0.1, -0.05) is 29.8 Å². The fourth-order valence-electron chi connectivity index (χ4n) is 3.26. The van der Waals surface area contributed by atoms with E-state index in [1.54, 1.807) is 36.3 Å². The molecule has 3 rings (SSSR count). The van der Waals surface area contributed by atoms with Gasteiger partial charge in [0.25, 0.3) is 5.91 Å². The van der Waals surface area contributed by atoms with Gasteiger partial charge in [-0.2, -0.15) is 0 Å². The molecule has 2 aromatic rings. The van der Waals surface area contributed by atoms with Gasteiger partial charge in [0.05, 0.1) is 13.0 Å². The Morgan fingerprint density at radius 3 is 2.70 bits per heavy atom. The van der Waals surface area contributed by atoms with E-state index < -0.39 is 0 Å². The van der Waals surface area contributed by atoms with Crippen molar-refractivity contribution in [1.29, 1.82) is 0 Å². The minimum atomic E-state index is -0.194. The number of carbonyl (C=O) groups is 2. The molecular formula is C21H23ClN2O3. The van der Waals surface area contributed by atoms with Crippen LogP contribution in [0.5, 0.6) is 5.75 Å². The van der Waals surface area contributed by atoms with E-state index in [0.717, 1.165) is 24.2 Å². The lowest BCUT2D eigenvalue weighted by molar-refractivity contribution is -0.126. The van der Waals surface area contributed by atoms with E-state index in [0.29, 0.717) is 30.2 Å². The largest absolute Gasteiger partial charge is 0.497 e. The number of halogens is 1. The zero-order chi connectivity index (χ0) is 19.2. The number of likely N-dealkylation sites (tertiary alicyclic amines) is 1. The number of rotatable bonds is 5. The van der Waals surface area contributed by atoms with Crippen LogP contribution in [0.25, 0.3) is 0 Å². The molecule has 1 heterocycles. The van der Waals surface area contributed by atoms with Crippen LogP contribution in [0.1, 0.15) is 28.8 Å². The summed E-state index contributed by atoms with van der Waals surface area (Å²) >= 11 is 5.98. The summed E-state index contributed by atoms with van der Waals surface area (Å²) in [6.07, 6.45) is 1.60. The average molecular weight is 387 g/mol. The van der Waals surface area contributed by atoms with Gasteiger partial charge in [0.15, 0.2) is 0 Å². The Labute approximate surface area is 164 Å². The van der Waals surface area contributed by atoms with Crippen molar-refractivity contribution in [3.63, 3.8) is 0 Å². The predicted molar refractivity (Wildman–Crippen MR) is 105 cm³/mol. The number of ether oxygens (including phenoxy) is 1. The summed E-state index contributed by atoms with van der Waals surface area (Å²) in [4.78, 5) is 27.0. The fourth-order valence-corrected chi connectivity index (χ4v) is 3.45. The van der Waals surface area contributed by atoms with Crippen LogP contribution in [-0.2, 0) is 11.3 Å². The minimum absolute atomic E-state index is 0.0191. The molecule has 0 aromatic heterocycles. The number of hydrogen-bond donors (Lipinski definition) is 1. The van der Waals surface area contributed by atoms with Crippen molar-refractivity contribution < 1.29 is 14.3 Å². The second-order valence-electron chi connectivity index (χ2n) is 6.67. The smallest absolute Gasteiger partial charge is 0.253 e. The molecule has 1 aliphatic heterocycles. The number of piperidine rings is 1. The highest BCUT2D eigenvalue weighted by Crippen LogP contribution is 2.20. The van der Waals surface area contributed by atoms with Crippen molar-refractivity contribution >= 4 is 23.4 Å². The third-order valence-corrected chi connectivity index (χ3v) is 5.01. The van der Waals surface area contributed by atoms with Crippen molar-refractivity contribution in [2.24, 2.45) is 5.92 Å². The van der Waals surface area contributed by atoms with Crippen molar-refractivity contribution in [1.82, 2.24) is 10.2 Å². The number of amides is 2. The second kappa shape index (κ2) is 8.91. The van der Waals surface area contributed by atoms with E-state index in [4.69, 9.17) is 16.3 Å². The second-order valence-corrected chi connectivity index (χ2v) is 7.10. The van der Waals surface area contributed by atoms with Gasteiger partial charge in [-0.25, -0.2) is 0 Å². The summed E-state index contributed by atoms with van der Waals surface area (Å²) in [5, 5.41) is 3.51. The number of methoxy groups -OCH3 is 1. The number of nitrogens with zero attached hydrogens (tertiary/aromatic N) is 1. The van der Waals surface area contributed by atoms with E-state index in [2.05, 4.69) is 5.32 Å². The van der Waals surface area contributed by atoms with Gasteiger partial charge in [-0.05, 0) is 48.7 Å². The maximum absolute atomic E-state index is 12.7. The van der Waals surface area contributed by atoms with Crippen LogP contribution < -0.4 is 10.1 Å². The molecule has 0 aliphatic carbocycles. The van der Waals surface area contributed by atoms with Crippen LogP contribution in [0.15, 0.2) is 48.5 Å². The minimum Gasteiger partial charge on any atom is -0.497 e. The average Bonchev–Trinajstić information content (AvgIpc) is 2.72. The van der Waals surface area contributed by atoms with E-state index in [1.165, 1.54) is 0 Å². The van der Waals surface area contributed by atoms with Crippen LogP contribution in [0.3, 0.4) is 0 Å². The normalized spacial score (nSPS) is 16.7. The maximum Gasteiger partial charge on any atom is 0.253 e. The first-order chi connectivity index (χ1) is 13.1. The molecular weight excluding hydrogens is 364 g/mol. The summed E-state index contributed by atoms with van der Waals surface area (Å²) in [5.74, 6) is 0.493. The highest BCUT2D eigenvalue weighted by Gasteiger charge is 2.28. The van der Waals surface area contributed by atoms with Crippen molar-refractivity contribution in [2.45, 2.75) is 19.4 Å². The number of hydrogen-bond acceptors (Lipinski definition) is 3. The molecule has 1 N–H and O–H groups in total. The molecule has 0 spiro atoms. The SMILES string of the molecule is COc1ccc(CNC(=O)C2CCCN(C(=O)c3cccc(Cl)c3)C2)cc1. The first-order valence-electron chi connectivity index (χ1n) is 9.02. The Bertz CT molecular complexity index is 807. The molecule has 2 aromatic carbocycles. The lowest BCUT2D eigenvalue weighted by Crippen LogP contribution is -2.45. The molecule has 1 aliphatic rings. The third-order valence-electron chi connectivity index (χ3n) is 4.78. The molecule has 0 saturated carbocycles. The first-order valence-corrected chi connectivity index (χ1v) is 9.40. The maximum atomic E-state index is 12.7. The van der Waals surface area contributed by atoms with Gasteiger partial charge in [0.2, 0.25) is 5.91 Å². The molecule has 1 saturated heterocycles. The Morgan fingerprint density at radius 1 is 1.22 bits per heavy atom. The first kappa shape index (κ1) is 19.2. The third kappa shape index (κ3) is 5.01. The topological polar surface area (TPSA) is 58.6 Å². The van der Waals surface area contributed by atoms with E-state index in [9.17, 15) is 9.59 Å². The number of carbonyl (C=O) groups excluding carboxylic acids is 2. The Morgan fingerprint density at radius 2 is 2.00 bits per heavy atom. The van der Waals surface area contributed by atoms with Crippen LogP contribution in [0.2, 0.25) is 5.02 Å². The van der Waals surface area contributed by atoms with Gasteiger partial charge in [-0.3, -0.25) is 9.59 Å². The van der Waals surface area contributed by atoms with Crippen LogP contribution in [-0.4, -0.2) is 36.9 Å². The molecule has 5 nitrogen and oxygen atoms in total. The van der Waals surface area contributed by atoms with Gasteiger partial charge < -0.3 is 15.0 Å². The highest BCUT2D eigenvalue weighted by atomic mass is 35.5. The van der Waals surface area contributed by atoms with Gasteiger partial charge >= 0.3 is 0 Å². The zero-order valence-electron chi connectivity index (χ0n) is 15.3. The summed E-state index contributed by atoms with van der Waals surface area (Å²) in [6.45, 7) is 1.55. The Kier molecular flexibility index (Phi) is 6.35. The summed E-state index contributed by atoms with van der Waals surface area (Å²) < 4.78 is 5.13. The van der Waals surface area contributed by atoms with Gasteiger partial charge in [0.1, 0.15) is 5.75 Å². The fraction of sp³-hybridized carbons (Fsp3) is 0.333. The monoisotopic (exact) mass is 386 g/mol. The number of benzene rings is 2. The highest BCUT2D eigenvalue weighted by molar-refractivity contribution is 6.30. The molecule has 27 heavy (non-hydrogen) atoms. The quantitative estimate of drug-likeness (QED) is 0.855. The van der Waals surface area contributed by atoms with E-state index >= 15 is 0 Å². The van der Waals surface area contributed by atoms with Crippen molar-refractivity contribution in [3.8, 4) is 5.75 Å². The van der Waals surface area contributed by atoms with Crippen molar-refractivity contribution in [3.05, 3.63) is 64.7 Å². The lowest BCUT2D eigenvalue weighted by Gasteiger charge is -2.32. The molecule has 0 bridgehead atoms. The van der Waals surface area contributed by atoms with E-state index in [-0.39, 0.29) is 17.7 Å². The summed E-state index contributed by atoms with van der Waals surface area (Å²) in [5.41, 5.74) is 1.56.